The van der Waals surface area contributed by atoms with Gasteiger partial charge in [0, 0.05) is 9.75 Å². The van der Waals surface area contributed by atoms with E-state index >= 15 is 0 Å². The highest BCUT2D eigenvalue weighted by molar-refractivity contribution is 7.12. The second kappa shape index (κ2) is 5.14. The van der Waals surface area contributed by atoms with Crippen LogP contribution in [0.1, 0.15) is 15.8 Å². The van der Waals surface area contributed by atoms with Crippen molar-refractivity contribution in [2.75, 3.05) is 0 Å². The highest BCUT2D eigenvalue weighted by atomic mass is 35.5. The van der Waals surface area contributed by atoms with E-state index in [1.54, 1.807) is 22.7 Å². The highest BCUT2D eigenvalue weighted by Crippen LogP contribution is 2.32. The van der Waals surface area contributed by atoms with Crippen LogP contribution in [0.2, 0.25) is 5.02 Å². The first kappa shape index (κ1) is 12.0. The predicted molar refractivity (Wildman–Crippen MR) is 66.9 cm³/mol. The average molecular weight is 266 g/mol. The van der Waals surface area contributed by atoms with Crippen LogP contribution in [-0.4, -0.2) is 0 Å². The molecule has 2 aromatic heterocycles. The number of nitrogens with two attached hydrogens (primary N) is 1. The monoisotopic (exact) mass is 265 g/mol. The van der Waals surface area contributed by atoms with Crippen LogP contribution >= 0.6 is 46.7 Å². The molecule has 0 saturated carbocycles. The molecule has 0 bridgehead atoms. The topological polar surface area (TPSA) is 26.0 Å². The lowest BCUT2D eigenvalue weighted by Gasteiger charge is -2.06. The molecule has 1 atom stereocenters. The zero-order valence-corrected chi connectivity index (χ0v) is 10.3. The molecule has 0 aliphatic rings. The minimum Gasteiger partial charge on any atom is -0.319 e. The highest BCUT2D eigenvalue weighted by Gasteiger charge is 2.14. The van der Waals surface area contributed by atoms with Crippen molar-refractivity contribution in [2.45, 2.75) is 6.04 Å². The second-order valence-electron chi connectivity index (χ2n) is 2.63. The Kier molecular flexibility index (Phi) is 4.41. The third kappa shape index (κ3) is 2.30. The molecule has 0 fully saturated rings. The molecule has 1 nitrogen and oxygen atoms in total. The summed E-state index contributed by atoms with van der Waals surface area (Å²) in [6.45, 7) is 0. The molecular weight excluding hydrogens is 257 g/mol. The Morgan fingerprint density at radius 2 is 2.00 bits per heavy atom. The van der Waals surface area contributed by atoms with Gasteiger partial charge in [0.15, 0.2) is 0 Å². The van der Waals surface area contributed by atoms with Gasteiger partial charge in [0.1, 0.15) is 0 Å². The molecule has 0 saturated heterocycles. The number of hydrogen-bond acceptors (Lipinski definition) is 3. The first-order chi connectivity index (χ1) is 6.29. The third-order valence-corrected chi connectivity index (χ3v) is 4.17. The lowest BCUT2D eigenvalue weighted by molar-refractivity contribution is 0.918. The van der Waals surface area contributed by atoms with Gasteiger partial charge in [-0.1, -0.05) is 17.7 Å². The molecule has 0 amide bonds. The van der Waals surface area contributed by atoms with Crippen molar-refractivity contribution in [3.8, 4) is 0 Å². The van der Waals surface area contributed by atoms with E-state index in [9.17, 15) is 0 Å². The van der Waals surface area contributed by atoms with E-state index < -0.39 is 0 Å². The van der Waals surface area contributed by atoms with E-state index in [4.69, 9.17) is 17.3 Å². The average Bonchev–Trinajstić information content (AvgIpc) is 2.72. The molecule has 2 rings (SSSR count). The minimum absolute atomic E-state index is 0. The molecular formula is C9H9Cl2NS2. The van der Waals surface area contributed by atoms with Gasteiger partial charge in [-0.2, -0.15) is 0 Å². The maximum Gasteiger partial charge on any atom is 0.0754 e. The van der Waals surface area contributed by atoms with Crippen LogP contribution in [0.3, 0.4) is 0 Å². The number of rotatable bonds is 2. The van der Waals surface area contributed by atoms with E-state index in [2.05, 4.69) is 0 Å². The predicted octanol–water partition coefficient (Wildman–Crippen LogP) is 3.93. The molecule has 2 N–H and O–H groups in total. The van der Waals surface area contributed by atoms with E-state index in [0.717, 1.165) is 14.8 Å². The molecule has 2 aromatic rings. The zero-order valence-electron chi connectivity index (χ0n) is 7.14. The van der Waals surface area contributed by atoms with E-state index in [1.807, 2.05) is 29.0 Å². The smallest absolute Gasteiger partial charge is 0.0754 e. The van der Waals surface area contributed by atoms with Gasteiger partial charge in [0.2, 0.25) is 0 Å². The van der Waals surface area contributed by atoms with Crippen molar-refractivity contribution >= 4 is 46.7 Å². The van der Waals surface area contributed by atoms with Crippen LogP contribution in [0.5, 0.6) is 0 Å². The number of thiophene rings is 2. The molecule has 0 unspecified atom stereocenters. The van der Waals surface area contributed by atoms with Crippen molar-refractivity contribution in [3.05, 3.63) is 43.7 Å². The van der Waals surface area contributed by atoms with Crippen LogP contribution in [0.4, 0.5) is 0 Å². The Morgan fingerprint density at radius 1 is 1.21 bits per heavy atom. The normalized spacial score (nSPS) is 12.1. The van der Waals surface area contributed by atoms with E-state index in [0.29, 0.717) is 0 Å². The van der Waals surface area contributed by atoms with Crippen molar-refractivity contribution < 1.29 is 0 Å². The minimum atomic E-state index is -0.0625. The third-order valence-electron chi connectivity index (χ3n) is 1.78. The number of hydrogen-bond donors (Lipinski definition) is 1. The SMILES string of the molecule is Cl.N[C@@H](c1cccs1)c1sccc1Cl. The van der Waals surface area contributed by atoms with Gasteiger partial charge in [0.05, 0.1) is 11.1 Å². The molecule has 0 radical (unpaired) electrons. The van der Waals surface area contributed by atoms with Crippen molar-refractivity contribution in [2.24, 2.45) is 5.73 Å². The van der Waals surface area contributed by atoms with Gasteiger partial charge in [0.25, 0.3) is 0 Å². The summed E-state index contributed by atoms with van der Waals surface area (Å²) >= 11 is 9.25. The molecule has 0 aliphatic carbocycles. The van der Waals surface area contributed by atoms with E-state index in [-0.39, 0.29) is 18.4 Å². The summed E-state index contributed by atoms with van der Waals surface area (Å²) in [5.41, 5.74) is 6.04. The largest absolute Gasteiger partial charge is 0.319 e. The Labute approximate surface area is 102 Å². The molecule has 0 aliphatic heterocycles. The van der Waals surface area contributed by atoms with Crippen LogP contribution in [0, 0.1) is 0 Å². The summed E-state index contributed by atoms with van der Waals surface area (Å²) in [6.07, 6.45) is 0. The Hall–Kier alpha value is -0.0600. The maximum atomic E-state index is 6.04. The van der Waals surface area contributed by atoms with Crippen LogP contribution in [-0.2, 0) is 0 Å². The summed E-state index contributed by atoms with van der Waals surface area (Å²) in [6, 6.07) is 5.86. The van der Waals surface area contributed by atoms with Crippen LogP contribution in [0.25, 0.3) is 0 Å². The fraction of sp³-hybridized carbons (Fsp3) is 0.111. The summed E-state index contributed by atoms with van der Waals surface area (Å²) in [5.74, 6) is 0. The Balaban J connectivity index is 0.000000980. The van der Waals surface area contributed by atoms with Gasteiger partial charge in [-0.3, -0.25) is 0 Å². The second-order valence-corrected chi connectivity index (χ2v) is 4.96. The van der Waals surface area contributed by atoms with Gasteiger partial charge in [-0.05, 0) is 22.9 Å². The summed E-state index contributed by atoms with van der Waals surface area (Å²) in [7, 11) is 0. The fourth-order valence-electron chi connectivity index (χ4n) is 1.12. The summed E-state index contributed by atoms with van der Waals surface area (Å²) in [5, 5.41) is 4.76. The van der Waals surface area contributed by atoms with Crippen molar-refractivity contribution in [1.82, 2.24) is 0 Å². The van der Waals surface area contributed by atoms with Gasteiger partial charge >= 0.3 is 0 Å². The van der Waals surface area contributed by atoms with Gasteiger partial charge in [-0.15, -0.1) is 35.1 Å². The van der Waals surface area contributed by atoms with Crippen molar-refractivity contribution in [1.29, 1.82) is 0 Å². The van der Waals surface area contributed by atoms with Gasteiger partial charge in [-0.25, -0.2) is 0 Å². The van der Waals surface area contributed by atoms with Crippen LogP contribution < -0.4 is 5.73 Å². The van der Waals surface area contributed by atoms with Crippen molar-refractivity contribution in [3.63, 3.8) is 0 Å². The molecule has 76 valence electrons. The summed E-state index contributed by atoms with van der Waals surface area (Å²) in [4.78, 5) is 2.20. The summed E-state index contributed by atoms with van der Waals surface area (Å²) < 4.78 is 0. The Morgan fingerprint density at radius 3 is 2.50 bits per heavy atom. The molecule has 14 heavy (non-hydrogen) atoms. The first-order valence-electron chi connectivity index (χ1n) is 3.81. The molecule has 0 spiro atoms. The zero-order chi connectivity index (χ0) is 9.26. The fourth-order valence-corrected chi connectivity index (χ4v) is 3.13. The first-order valence-corrected chi connectivity index (χ1v) is 5.94. The number of halogens is 2. The lowest BCUT2D eigenvalue weighted by Crippen LogP contribution is -2.08. The Bertz CT molecular complexity index is 383. The lowest BCUT2D eigenvalue weighted by atomic mass is 10.2. The van der Waals surface area contributed by atoms with Gasteiger partial charge < -0.3 is 5.73 Å². The standard InChI is InChI=1S/C9H8ClNS2.ClH/c10-6-3-5-13-9(6)8(11)7-2-1-4-12-7;/h1-5,8H,11H2;1H/t8-;/m0./s1. The molecule has 5 heteroatoms. The van der Waals surface area contributed by atoms with Crippen LogP contribution in [0.15, 0.2) is 29.0 Å². The molecule has 0 aromatic carbocycles. The van der Waals surface area contributed by atoms with E-state index in [1.165, 1.54) is 0 Å². The maximum absolute atomic E-state index is 6.04. The molecule has 2 heterocycles. The quantitative estimate of drug-likeness (QED) is 0.875.